The first-order valence-electron chi connectivity index (χ1n) is 5.97. The van der Waals surface area contributed by atoms with E-state index in [9.17, 15) is 0 Å². The van der Waals surface area contributed by atoms with E-state index in [1.54, 1.807) is 0 Å². The third kappa shape index (κ3) is 2.48. The fourth-order valence-corrected chi connectivity index (χ4v) is 2.10. The summed E-state index contributed by atoms with van der Waals surface area (Å²) in [5, 5.41) is 2.14. The van der Waals surface area contributed by atoms with Gasteiger partial charge in [0, 0.05) is 23.6 Å². The molecule has 3 rings (SSSR count). The van der Waals surface area contributed by atoms with Gasteiger partial charge in [0.1, 0.15) is 18.4 Å². The lowest BCUT2D eigenvalue weighted by Crippen LogP contribution is -3.00. The van der Waals surface area contributed by atoms with E-state index in [2.05, 4.69) is 17.1 Å². The molecular formula is C15H15ClN2O. The van der Waals surface area contributed by atoms with Gasteiger partial charge >= 0.3 is 0 Å². The van der Waals surface area contributed by atoms with Crippen molar-refractivity contribution in [1.29, 1.82) is 0 Å². The van der Waals surface area contributed by atoms with Gasteiger partial charge in [-0.15, -0.1) is 0 Å². The molecule has 0 saturated heterocycles. The monoisotopic (exact) mass is 274 g/mol. The van der Waals surface area contributed by atoms with Gasteiger partial charge in [0.25, 0.3) is 0 Å². The van der Waals surface area contributed by atoms with Gasteiger partial charge in [-0.05, 0) is 23.8 Å². The highest BCUT2D eigenvalue weighted by atomic mass is 35.5. The summed E-state index contributed by atoms with van der Waals surface area (Å²) in [5.74, 6) is 0.878. The molecule has 0 spiro atoms. The lowest BCUT2D eigenvalue weighted by molar-refractivity contribution is -0.465. The SMILES string of the molecule is C[NH+]=c1ccc2cc3ccc(CN)cc3oc-2c1.[Cl-]. The average molecular weight is 275 g/mol. The molecule has 0 atom stereocenters. The Morgan fingerprint density at radius 1 is 1.11 bits per heavy atom. The van der Waals surface area contributed by atoms with Crippen LogP contribution in [-0.4, -0.2) is 7.05 Å². The summed E-state index contributed by atoms with van der Waals surface area (Å²) in [4.78, 5) is 3.11. The summed E-state index contributed by atoms with van der Waals surface area (Å²) in [6.07, 6.45) is 0. The Morgan fingerprint density at radius 2 is 1.95 bits per heavy atom. The van der Waals surface area contributed by atoms with E-state index in [1.165, 1.54) is 0 Å². The number of halogens is 1. The topological polar surface area (TPSA) is 53.1 Å². The summed E-state index contributed by atoms with van der Waals surface area (Å²) in [7, 11) is 1.90. The highest BCUT2D eigenvalue weighted by Crippen LogP contribution is 2.27. The van der Waals surface area contributed by atoms with Crippen molar-refractivity contribution in [1.82, 2.24) is 0 Å². The van der Waals surface area contributed by atoms with E-state index < -0.39 is 0 Å². The summed E-state index contributed by atoms with van der Waals surface area (Å²) in [6.45, 7) is 0.528. The maximum Gasteiger partial charge on any atom is 0.201 e. The Balaban J connectivity index is 0.00000133. The number of rotatable bonds is 1. The van der Waals surface area contributed by atoms with Crippen LogP contribution in [0.1, 0.15) is 5.56 Å². The summed E-state index contributed by atoms with van der Waals surface area (Å²) < 4.78 is 5.94. The third-order valence-corrected chi connectivity index (χ3v) is 3.15. The van der Waals surface area contributed by atoms with Crippen LogP contribution in [0.5, 0.6) is 0 Å². The minimum Gasteiger partial charge on any atom is -1.00 e. The van der Waals surface area contributed by atoms with Crippen molar-refractivity contribution in [3.63, 3.8) is 0 Å². The molecule has 0 aromatic heterocycles. The number of benzene rings is 2. The summed E-state index contributed by atoms with van der Waals surface area (Å²) >= 11 is 0. The molecule has 0 saturated carbocycles. The zero-order valence-electron chi connectivity index (χ0n) is 10.6. The van der Waals surface area contributed by atoms with E-state index in [4.69, 9.17) is 10.2 Å². The van der Waals surface area contributed by atoms with Crippen LogP contribution in [0, 0.1) is 0 Å². The zero-order valence-corrected chi connectivity index (χ0v) is 11.4. The molecule has 1 aromatic carbocycles. The standard InChI is InChI=1S/C15H14N2O.ClH/c1-17-13-5-4-12-7-11-3-2-10(9-16)6-14(11)18-15(12)8-13;/h2-8H,9,16H2,1H3;1H. The van der Waals surface area contributed by atoms with Gasteiger partial charge in [-0.1, -0.05) is 12.1 Å². The predicted octanol–water partition coefficient (Wildman–Crippen LogP) is -2.39. The van der Waals surface area contributed by atoms with Crippen LogP contribution in [0.15, 0.2) is 46.9 Å². The second-order valence-electron chi connectivity index (χ2n) is 4.33. The van der Waals surface area contributed by atoms with Crippen molar-refractivity contribution in [3.8, 4) is 11.3 Å². The van der Waals surface area contributed by atoms with Crippen LogP contribution in [0.4, 0.5) is 0 Å². The molecule has 2 aliphatic rings. The number of fused-ring (bicyclic) bond motifs is 2. The van der Waals surface area contributed by atoms with E-state index in [-0.39, 0.29) is 12.4 Å². The molecule has 1 aliphatic heterocycles. The maximum atomic E-state index is 5.94. The Hall–Kier alpha value is -1.84. The lowest BCUT2D eigenvalue weighted by Gasteiger charge is -2.07. The van der Waals surface area contributed by atoms with E-state index in [1.807, 2.05) is 37.4 Å². The van der Waals surface area contributed by atoms with Gasteiger partial charge in [-0.2, -0.15) is 0 Å². The van der Waals surface area contributed by atoms with Crippen molar-refractivity contribution in [2.75, 3.05) is 7.05 Å². The molecule has 1 aliphatic carbocycles. The van der Waals surface area contributed by atoms with Crippen LogP contribution in [0.3, 0.4) is 0 Å². The maximum absolute atomic E-state index is 5.94. The molecule has 3 nitrogen and oxygen atoms in total. The van der Waals surface area contributed by atoms with E-state index in [0.717, 1.165) is 33.2 Å². The molecule has 0 bridgehead atoms. The molecular weight excluding hydrogens is 260 g/mol. The Bertz CT molecular complexity index is 749. The smallest absolute Gasteiger partial charge is 0.201 e. The second kappa shape index (κ2) is 5.43. The number of nitrogens with two attached hydrogens (primary N) is 1. The molecule has 19 heavy (non-hydrogen) atoms. The fourth-order valence-electron chi connectivity index (χ4n) is 2.10. The summed E-state index contributed by atoms with van der Waals surface area (Å²) in [5.41, 5.74) is 8.70. The summed E-state index contributed by atoms with van der Waals surface area (Å²) in [6, 6.07) is 14.3. The highest BCUT2D eigenvalue weighted by molar-refractivity contribution is 5.83. The van der Waals surface area contributed by atoms with Crippen molar-refractivity contribution < 1.29 is 21.8 Å². The molecule has 4 heteroatoms. The minimum absolute atomic E-state index is 0. The van der Waals surface area contributed by atoms with Crippen molar-refractivity contribution in [3.05, 3.63) is 53.4 Å². The normalized spacial score (nSPS) is 11.8. The zero-order chi connectivity index (χ0) is 12.5. The Morgan fingerprint density at radius 3 is 2.68 bits per heavy atom. The van der Waals surface area contributed by atoms with Gasteiger partial charge in [0.05, 0.1) is 6.07 Å². The van der Waals surface area contributed by atoms with Crippen LogP contribution < -0.4 is 28.5 Å². The first kappa shape index (κ1) is 13.6. The fraction of sp³-hybridized carbons (Fsp3) is 0.133. The Kier molecular flexibility index (Phi) is 3.88. The minimum atomic E-state index is 0. The van der Waals surface area contributed by atoms with Crippen LogP contribution in [0.2, 0.25) is 0 Å². The average Bonchev–Trinajstić information content (AvgIpc) is 2.43. The first-order valence-corrected chi connectivity index (χ1v) is 5.97. The van der Waals surface area contributed by atoms with Crippen LogP contribution in [0.25, 0.3) is 22.3 Å². The van der Waals surface area contributed by atoms with Gasteiger partial charge < -0.3 is 22.6 Å². The quantitative estimate of drug-likeness (QED) is 0.487. The Labute approximate surface area is 117 Å². The highest BCUT2D eigenvalue weighted by Gasteiger charge is 2.08. The second-order valence-corrected chi connectivity index (χ2v) is 4.33. The van der Waals surface area contributed by atoms with Gasteiger partial charge in [0.2, 0.25) is 5.36 Å². The number of nitrogens with one attached hydrogen (secondary N) is 1. The molecule has 0 amide bonds. The van der Waals surface area contributed by atoms with Gasteiger partial charge in [-0.3, -0.25) is 0 Å². The molecule has 3 N–H and O–H groups in total. The largest absolute Gasteiger partial charge is 1.00 e. The van der Waals surface area contributed by atoms with Crippen LogP contribution in [-0.2, 0) is 6.54 Å². The van der Waals surface area contributed by atoms with E-state index in [0.29, 0.717) is 6.54 Å². The third-order valence-electron chi connectivity index (χ3n) is 3.15. The molecule has 1 aromatic rings. The van der Waals surface area contributed by atoms with Crippen molar-refractivity contribution in [2.45, 2.75) is 6.54 Å². The molecule has 1 heterocycles. The number of hydrogen-bond donors (Lipinski definition) is 2. The lowest BCUT2D eigenvalue weighted by atomic mass is 10.1. The molecule has 0 unspecified atom stereocenters. The van der Waals surface area contributed by atoms with Gasteiger partial charge in [-0.25, -0.2) is 4.99 Å². The molecule has 0 fully saturated rings. The first-order chi connectivity index (χ1) is 8.80. The van der Waals surface area contributed by atoms with E-state index >= 15 is 0 Å². The molecule has 0 radical (unpaired) electrons. The molecule has 98 valence electrons. The predicted molar refractivity (Wildman–Crippen MR) is 70.7 cm³/mol. The number of hydrogen-bond acceptors (Lipinski definition) is 2. The van der Waals surface area contributed by atoms with Crippen molar-refractivity contribution >= 4 is 11.0 Å². The van der Waals surface area contributed by atoms with Gasteiger partial charge in [0.15, 0.2) is 0 Å². The van der Waals surface area contributed by atoms with Crippen molar-refractivity contribution in [2.24, 2.45) is 5.73 Å². The van der Waals surface area contributed by atoms with Crippen LogP contribution >= 0.6 is 0 Å².